The SMILES string of the molecule is CC(C)CC(CNC(=O)OCc1ccccc1)(NC(=O)OC(C)(C)C)C(=O)NC(C)C(=O)NC(C)C(=O)NC(C)C(=O)NC(C)C(=O)NC(C)C(=O)NC(C)C(=O)NC(C)(C)C(=O)NC(C)C(=O)NC(C)C(=O)Nc1ccc(I)cc1. The third-order valence-corrected chi connectivity index (χ3v) is 12.5. The first-order valence-corrected chi connectivity index (χ1v) is 27.3. The number of halogens is 1. The van der Waals surface area contributed by atoms with Gasteiger partial charge in [-0.3, -0.25) is 47.9 Å². The molecule has 26 nitrogen and oxygen atoms in total. The smallest absolute Gasteiger partial charge is 0.408 e. The molecule has 0 saturated carbocycles. The van der Waals surface area contributed by atoms with E-state index in [4.69, 9.17) is 9.47 Å². The van der Waals surface area contributed by atoms with Gasteiger partial charge in [0.05, 0.1) is 6.54 Å². The molecule has 0 bridgehead atoms. The minimum absolute atomic E-state index is 0.0326. The normalized spacial score (nSPS) is 15.0. The fraction of sp³-hybridized carbons (Fsp3) is 0.556. The van der Waals surface area contributed by atoms with Gasteiger partial charge < -0.3 is 73.3 Å². The molecular weight excluding hydrogens is 1170 g/mol. The van der Waals surface area contributed by atoms with Crippen molar-refractivity contribution in [3.8, 4) is 0 Å². The molecule has 0 aromatic heterocycles. The predicted molar refractivity (Wildman–Crippen MR) is 307 cm³/mol. The highest BCUT2D eigenvalue weighted by molar-refractivity contribution is 14.1. The Balaban J connectivity index is 1.93. The molecule has 9 atom stereocenters. The first-order chi connectivity index (χ1) is 37.4. The van der Waals surface area contributed by atoms with E-state index in [0.717, 1.165) is 3.57 Å². The Morgan fingerprint density at radius 3 is 1.25 bits per heavy atom. The molecule has 0 aliphatic heterocycles. The van der Waals surface area contributed by atoms with Crippen LogP contribution in [0.2, 0.25) is 0 Å². The minimum Gasteiger partial charge on any atom is -0.445 e. The van der Waals surface area contributed by atoms with Gasteiger partial charge in [-0.25, -0.2) is 9.59 Å². The average molecular weight is 1250 g/mol. The van der Waals surface area contributed by atoms with E-state index in [-0.39, 0.29) is 18.9 Å². The number of nitrogens with one attached hydrogen (secondary N) is 12. The van der Waals surface area contributed by atoms with Gasteiger partial charge in [0.1, 0.15) is 71.6 Å². The second kappa shape index (κ2) is 31.4. The van der Waals surface area contributed by atoms with Crippen molar-refractivity contribution >= 4 is 99.5 Å². The Morgan fingerprint density at radius 1 is 0.457 bits per heavy atom. The Bertz CT molecular complexity index is 2580. The van der Waals surface area contributed by atoms with Crippen LogP contribution in [0.4, 0.5) is 15.3 Å². The molecular formula is C54H81IN12O14. The maximum atomic E-state index is 14.1. The molecule has 12 amide bonds. The number of ether oxygens (including phenoxy) is 2. The summed E-state index contributed by atoms with van der Waals surface area (Å²) in [6, 6.07) is 6.22. The van der Waals surface area contributed by atoms with Crippen LogP contribution in [0, 0.1) is 9.49 Å². The van der Waals surface area contributed by atoms with Gasteiger partial charge in [-0.05, 0) is 155 Å². The standard InChI is InChI=1S/C54H81IN12O14/c1-28(2)25-54(67-51(79)81-52(11,12)13,27-56-50(78)80-26-37-19-17-16-18-20-37)49(77)64-35(9)45(73)60-31(5)42(70)58-29(3)40(68)57-30(4)41(69)59-32(6)43(71)62-36(10)47(75)66-53(14,15)48(76)63-34(8)44(72)61-33(7)46(74)65-39-23-21-38(55)22-24-39/h16-24,28-36H,25-27H2,1-15H3,(H,56,78)(H,57,68)(H,58,70)(H,59,69)(H,60,73)(H,61,72)(H,62,71)(H,63,76)(H,64,77)(H,65,74)(H,66,75)(H,67,79). The fourth-order valence-corrected chi connectivity index (χ4v) is 7.47. The zero-order valence-electron chi connectivity index (χ0n) is 48.6. The number of carbonyl (C=O) groups excluding carboxylic acids is 12. The molecule has 2 rings (SSSR count). The zero-order valence-corrected chi connectivity index (χ0v) is 50.8. The van der Waals surface area contributed by atoms with Crippen molar-refractivity contribution in [1.29, 1.82) is 0 Å². The van der Waals surface area contributed by atoms with E-state index in [1.165, 1.54) is 69.2 Å². The molecule has 2 aromatic rings. The summed E-state index contributed by atoms with van der Waals surface area (Å²) in [5.74, 6) is -7.90. The van der Waals surface area contributed by atoms with E-state index in [0.29, 0.717) is 11.3 Å². The lowest BCUT2D eigenvalue weighted by atomic mass is 9.87. The van der Waals surface area contributed by atoms with Gasteiger partial charge in [-0.15, -0.1) is 0 Å². The van der Waals surface area contributed by atoms with E-state index in [1.807, 2.05) is 0 Å². The molecule has 0 aliphatic rings. The van der Waals surface area contributed by atoms with Crippen molar-refractivity contribution in [1.82, 2.24) is 58.5 Å². The number of hydrogen-bond acceptors (Lipinski definition) is 14. The van der Waals surface area contributed by atoms with Crippen molar-refractivity contribution in [2.45, 2.75) is 182 Å². The summed E-state index contributed by atoms with van der Waals surface area (Å²) in [7, 11) is 0. The lowest BCUT2D eigenvalue weighted by Gasteiger charge is -2.36. The molecule has 0 radical (unpaired) electrons. The Kier molecular flexibility index (Phi) is 27.0. The van der Waals surface area contributed by atoms with Crippen LogP contribution in [-0.2, 0) is 64.0 Å². The van der Waals surface area contributed by atoms with Crippen molar-refractivity contribution in [2.75, 3.05) is 11.9 Å². The molecule has 0 spiro atoms. The number of hydrogen-bond donors (Lipinski definition) is 12. The Hall–Kier alpha value is -7.59. The number of rotatable bonds is 27. The first-order valence-electron chi connectivity index (χ1n) is 26.2. The first kappa shape index (κ1) is 69.5. The Labute approximate surface area is 486 Å². The number of anilines is 1. The van der Waals surface area contributed by atoms with Crippen LogP contribution in [0.25, 0.3) is 0 Å². The van der Waals surface area contributed by atoms with E-state index in [9.17, 15) is 57.5 Å². The largest absolute Gasteiger partial charge is 0.445 e. The van der Waals surface area contributed by atoms with Crippen molar-refractivity contribution in [3.05, 3.63) is 63.7 Å². The maximum Gasteiger partial charge on any atom is 0.408 e. The monoisotopic (exact) mass is 1250 g/mol. The molecule has 81 heavy (non-hydrogen) atoms. The van der Waals surface area contributed by atoms with Crippen LogP contribution < -0.4 is 63.8 Å². The van der Waals surface area contributed by atoms with Crippen LogP contribution in [0.1, 0.15) is 116 Å². The van der Waals surface area contributed by atoms with Crippen LogP contribution in [-0.4, -0.2) is 143 Å². The topological polar surface area (TPSA) is 368 Å². The highest BCUT2D eigenvalue weighted by Crippen LogP contribution is 2.20. The summed E-state index contributed by atoms with van der Waals surface area (Å²) < 4.78 is 11.7. The van der Waals surface area contributed by atoms with Crippen molar-refractivity contribution < 1.29 is 67.0 Å². The summed E-state index contributed by atoms with van der Waals surface area (Å²) in [5.41, 5.74) is -3.19. The third-order valence-electron chi connectivity index (χ3n) is 11.8. The molecule has 0 fully saturated rings. The summed E-state index contributed by atoms with van der Waals surface area (Å²) in [5, 5.41) is 30.1. The van der Waals surface area contributed by atoms with Crippen LogP contribution in [0.3, 0.4) is 0 Å². The van der Waals surface area contributed by atoms with E-state index in [1.54, 1.807) is 89.2 Å². The van der Waals surface area contributed by atoms with Gasteiger partial charge in [0, 0.05) is 9.26 Å². The van der Waals surface area contributed by atoms with Gasteiger partial charge in [-0.2, -0.15) is 0 Å². The molecule has 0 aliphatic carbocycles. The molecule has 2 aromatic carbocycles. The highest BCUT2D eigenvalue weighted by Gasteiger charge is 2.44. The van der Waals surface area contributed by atoms with Gasteiger partial charge >= 0.3 is 12.2 Å². The third kappa shape index (κ3) is 24.4. The zero-order chi connectivity index (χ0) is 61.7. The minimum atomic E-state index is -1.87. The summed E-state index contributed by atoms with van der Waals surface area (Å²) in [6.45, 7) is 21.4. The van der Waals surface area contributed by atoms with Gasteiger partial charge in [0.25, 0.3) is 0 Å². The van der Waals surface area contributed by atoms with Crippen molar-refractivity contribution in [2.24, 2.45) is 5.92 Å². The van der Waals surface area contributed by atoms with Crippen molar-refractivity contribution in [3.63, 3.8) is 0 Å². The van der Waals surface area contributed by atoms with Gasteiger partial charge in [-0.1, -0.05) is 44.2 Å². The van der Waals surface area contributed by atoms with Crippen LogP contribution in [0.15, 0.2) is 54.6 Å². The lowest BCUT2D eigenvalue weighted by molar-refractivity contribution is -0.136. The maximum absolute atomic E-state index is 14.1. The number of amides is 12. The quantitative estimate of drug-likeness (QED) is 0.0563. The van der Waals surface area contributed by atoms with Gasteiger partial charge in [0.2, 0.25) is 59.1 Å². The lowest BCUT2D eigenvalue weighted by Crippen LogP contribution is -2.67. The van der Waals surface area contributed by atoms with E-state index in [2.05, 4.69) is 86.4 Å². The number of benzene rings is 2. The molecule has 27 heteroatoms. The predicted octanol–water partition coefficient (Wildman–Crippen LogP) is 1.40. The second-order valence-electron chi connectivity index (χ2n) is 21.6. The molecule has 0 saturated heterocycles. The molecule has 9 unspecified atom stereocenters. The second-order valence-corrected chi connectivity index (χ2v) is 22.9. The average Bonchev–Trinajstić information content (AvgIpc) is 3.36. The van der Waals surface area contributed by atoms with E-state index < -0.39 is 143 Å². The molecule has 12 N–H and O–H groups in total. The Morgan fingerprint density at radius 2 is 0.840 bits per heavy atom. The molecule has 448 valence electrons. The summed E-state index contributed by atoms with van der Waals surface area (Å²) >= 11 is 2.12. The highest BCUT2D eigenvalue weighted by atomic mass is 127. The number of alkyl carbamates (subject to hydrolysis) is 2. The van der Waals surface area contributed by atoms with Gasteiger partial charge in [0.15, 0.2) is 0 Å². The van der Waals surface area contributed by atoms with Crippen LogP contribution in [0.5, 0.6) is 0 Å². The van der Waals surface area contributed by atoms with E-state index >= 15 is 0 Å². The van der Waals surface area contributed by atoms with Crippen LogP contribution >= 0.6 is 22.6 Å². The number of carbonyl (C=O) groups is 12. The summed E-state index contributed by atoms with van der Waals surface area (Å²) in [4.78, 5) is 158. The summed E-state index contributed by atoms with van der Waals surface area (Å²) in [6.07, 6.45) is -1.89. The fourth-order valence-electron chi connectivity index (χ4n) is 7.11. The molecule has 0 heterocycles.